The summed E-state index contributed by atoms with van der Waals surface area (Å²) in [6, 6.07) is 10.7. The van der Waals surface area contributed by atoms with E-state index in [1.54, 1.807) is 24.3 Å². The number of hydrogen-bond acceptors (Lipinski definition) is 9. The Bertz CT molecular complexity index is 2200. The first-order valence-electron chi connectivity index (χ1n) is 18.1. The van der Waals surface area contributed by atoms with Crippen molar-refractivity contribution in [3.63, 3.8) is 0 Å². The van der Waals surface area contributed by atoms with Crippen LogP contribution in [0.4, 0.5) is 13.2 Å². The number of fused-ring (bicyclic) bond motifs is 3. The van der Waals surface area contributed by atoms with Gasteiger partial charge in [0.1, 0.15) is 23.2 Å². The summed E-state index contributed by atoms with van der Waals surface area (Å²) in [6.07, 6.45) is 4.96. The third-order valence-corrected chi connectivity index (χ3v) is 12.0. The second-order valence-corrected chi connectivity index (χ2v) is 16.2. The minimum atomic E-state index is -4.51. The summed E-state index contributed by atoms with van der Waals surface area (Å²) < 4.78 is 78.2. The number of ether oxygens (including phenoxy) is 1. The number of halogens is 3. The van der Waals surface area contributed by atoms with Crippen molar-refractivity contribution in [1.82, 2.24) is 19.6 Å². The van der Waals surface area contributed by atoms with Gasteiger partial charge in [0, 0.05) is 29.7 Å². The Hall–Kier alpha value is -4.99. The number of carbonyl (C=O) groups excluding carboxylic acids is 3. The molecule has 2 unspecified atom stereocenters. The molecule has 2 aromatic carbocycles. The van der Waals surface area contributed by atoms with Crippen molar-refractivity contribution in [2.45, 2.75) is 87.8 Å². The van der Waals surface area contributed by atoms with Gasteiger partial charge in [0.2, 0.25) is 33.3 Å². The van der Waals surface area contributed by atoms with E-state index >= 15 is 0 Å². The highest BCUT2D eigenvalue weighted by Gasteiger charge is 2.45. The fourth-order valence-corrected chi connectivity index (χ4v) is 8.24. The molecule has 4 aromatic rings. The summed E-state index contributed by atoms with van der Waals surface area (Å²) in [5, 5.41) is 0.227. The number of amides is 3. The monoisotopic (exact) mass is 767 g/mol. The molecule has 3 amide bonds. The zero-order chi connectivity index (χ0) is 38.2. The summed E-state index contributed by atoms with van der Waals surface area (Å²) in [4.78, 5) is 48.6. The molecule has 1 saturated heterocycles. The van der Waals surface area contributed by atoms with E-state index in [4.69, 9.17) is 14.9 Å². The van der Waals surface area contributed by atoms with Gasteiger partial charge in [-0.1, -0.05) is 49.3 Å². The van der Waals surface area contributed by atoms with Crippen molar-refractivity contribution >= 4 is 49.8 Å². The van der Waals surface area contributed by atoms with E-state index in [-0.39, 0.29) is 54.4 Å². The number of primary amides is 1. The summed E-state index contributed by atoms with van der Waals surface area (Å²) in [6.45, 7) is 0.0747. The van der Waals surface area contributed by atoms with Crippen LogP contribution >= 0.6 is 0 Å². The van der Waals surface area contributed by atoms with Gasteiger partial charge >= 0.3 is 6.18 Å². The number of likely N-dealkylation sites (tertiary alicyclic amines) is 1. The predicted octanol–water partition coefficient (Wildman–Crippen LogP) is 6.04. The van der Waals surface area contributed by atoms with E-state index in [1.807, 2.05) is 12.2 Å². The van der Waals surface area contributed by atoms with Crippen LogP contribution in [0.15, 0.2) is 65.1 Å². The number of rotatable bonds is 15. The summed E-state index contributed by atoms with van der Waals surface area (Å²) in [7, 11) is -3.53. The number of sulfonamides is 1. The number of hydrogen-bond donors (Lipinski definition) is 2. The Morgan fingerprint density at radius 3 is 2.46 bits per heavy atom. The zero-order valence-electron chi connectivity index (χ0n) is 29.3. The van der Waals surface area contributed by atoms with Gasteiger partial charge in [-0.3, -0.25) is 19.1 Å². The van der Waals surface area contributed by atoms with Gasteiger partial charge in [0.15, 0.2) is 5.82 Å². The van der Waals surface area contributed by atoms with Crippen LogP contribution < -0.4 is 15.2 Å². The summed E-state index contributed by atoms with van der Waals surface area (Å²) in [5.41, 5.74) is 6.36. The van der Waals surface area contributed by atoms with Gasteiger partial charge in [-0.05, 0) is 68.7 Å². The van der Waals surface area contributed by atoms with Gasteiger partial charge in [-0.2, -0.15) is 18.2 Å². The van der Waals surface area contributed by atoms with Crippen molar-refractivity contribution in [2.24, 2.45) is 17.6 Å². The Labute approximate surface area is 309 Å². The largest absolute Gasteiger partial charge is 0.470 e. The lowest BCUT2D eigenvalue weighted by molar-refractivity contribution is -0.137. The van der Waals surface area contributed by atoms with Crippen LogP contribution in [0.3, 0.4) is 0 Å². The van der Waals surface area contributed by atoms with E-state index in [0.717, 1.165) is 37.8 Å². The zero-order valence-corrected chi connectivity index (χ0v) is 30.1. The van der Waals surface area contributed by atoms with Crippen LogP contribution in [-0.4, -0.2) is 64.9 Å². The number of para-hydroxylation sites is 1. The molecule has 3 fully saturated rings. The minimum Gasteiger partial charge on any atom is -0.470 e. The second kappa shape index (κ2) is 15.0. The molecule has 2 saturated carbocycles. The van der Waals surface area contributed by atoms with Gasteiger partial charge < -0.3 is 19.8 Å². The molecule has 0 bridgehead atoms. The molecule has 3 heterocycles. The predicted molar refractivity (Wildman–Crippen MR) is 192 cm³/mol. The Balaban J connectivity index is 0.926. The fourth-order valence-electron chi connectivity index (χ4n) is 6.88. The average molecular weight is 768 g/mol. The molecule has 16 heteroatoms. The lowest BCUT2D eigenvalue weighted by Gasteiger charge is -2.21. The van der Waals surface area contributed by atoms with E-state index < -0.39 is 51.0 Å². The highest BCUT2D eigenvalue weighted by atomic mass is 32.2. The average Bonchev–Trinajstić information content (AvgIpc) is 4.06. The number of unbranched alkanes of at least 4 members (excludes halogenated alkanes) is 4. The quantitative estimate of drug-likeness (QED) is 0.108. The number of carbonyl (C=O) groups is 3. The molecule has 4 atom stereocenters. The van der Waals surface area contributed by atoms with Crippen LogP contribution in [0.25, 0.3) is 33.5 Å². The Morgan fingerprint density at radius 2 is 1.74 bits per heavy atom. The number of nitrogens with one attached hydrogen (secondary N) is 1. The van der Waals surface area contributed by atoms with Crippen molar-refractivity contribution < 1.29 is 45.1 Å². The van der Waals surface area contributed by atoms with E-state index in [9.17, 15) is 36.0 Å². The molecule has 3 N–H and O–H groups in total. The third kappa shape index (κ3) is 8.37. The number of aromatic nitrogens is 2. The van der Waals surface area contributed by atoms with Gasteiger partial charge in [0.05, 0.1) is 17.4 Å². The van der Waals surface area contributed by atoms with E-state index in [1.165, 1.54) is 17.0 Å². The number of allylic oxidation sites excluding steroid dienone is 2. The number of benzene rings is 2. The summed E-state index contributed by atoms with van der Waals surface area (Å²) >= 11 is 0. The Kier molecular flexibility index (Phi) is 10.4. The lowest BCUT2D eigenvalue weighted by Crippen LogP contribution is -2.43. The standard InChI is InChI=1S/C38H40F3N5O7S/c39-38(40,41)24-15-13-22(14-16-24)35-43-32-27-10-7-8-11-30(27)53-33(32)37(44-35)52-25-20-29(34(42)48)46(21-25)31(47)12-6-4-2-1-3-5-9-23-19-28(23)36(49)45-54(50,51)26-17-18-26/h5,7-11,13-16,23,25-26,28-29H,1-4,6,12,17-21H2,(H2,42,48)(H,45,49)/b9-5-/t23?,25-,28?,29+/m1/s1. The Morgan fingerprint density at radius 1 is 1.00 bits per heavy atom. The number of nitrogens with two attached hydrogens (primary N) is 1. The van der Waals surface area contributed by atoms with Crippen molar-refractivity contribution in [3.8, 4) is 17.3 Å². The topological polar surface area (TPSA) is 175 Å². The smallest absolute Gasteiger partial charge is 0.416 e. The first kappa shape index (κ1) is 37.3. The maximum absolute atomic E-state index is 13.3. The molecular weight excluding hydrogens is 728 g/mol. The lowest BCUT2D eigenvalue weighted by atomic mass is 10.1. The second-order valence-electron chi connectivity index (χ2n) is 14.2. The molecule has 0 spiro atoms. The molecule has 0 radical (unpaired) electrons. The maximum atomic E-state index is 13.3. The third-order valence-electron chi connectivity index (χ3n) is 10.1. The van der Waals surface area contributed by atoms with Crippen LogP contribution in [0.5, 0.6) is 5.88 Å². The van der Waals surface area contributed by atoms with E-state index in [0.29, 0.717) is 47.7 Å². The SMILES string of the molecule is NC(=O)[C@@H]1C[C@@H](Oc2nc(-c3ccc(C(F)(F)F)cc3)nc3c2oc2ccccc23)CN1C(=O)CCCCCC/C=C\C1CC1C(=O)NS(=O)(=O)C1CC1. The molecule has 12 nitrogen and oxygen atoms in total. The van der Waals surface area contributed by atoms with Crippen LogP contribution in [-0.2, 0) is 30.6 Å². The highest BCUT2D eigenvalue weighted by molar-refractivity contribution is 7.90. The van der Waals surface area contributed by atoms with Crippen LogP contribution in [0, 0.1) is 11.8 Å². The first-order chi connectivity index (χ1) is 25.8. The molecular formula is C38H40F3N5O7S. The fraction of sp³-hybridized carbons (Fsp3) is 0.447. The molecule has 2 aliphatic carbocycles. The summed E-state index contributed by atoms with van der Waals surface area (Å²) in [5.74, 6) is -1.39. The van der Waals surface area contributed by atoms with Gasteiger partial charge in [-0.15, -0.1) is 0 Å². The molecule has 286 valence electrons. The van der Waals surface area contributed by atoms with Crippen LogP contribution in [0.1, 0.15) is 69.8 Å². The van der Waals surface area contributed by atoms with Crippen LogP contribution in [0.2, 0.25) is 0 Å². The van der Waals surface area contributed by atoms with E-state index in [2.05, 4.69) is 14.7 Å². The number of alkyl halides is 3. The molecule has 3 aliphatic rings. The molecule has 7 rings (SSSR count). The van der Waals surface area contributed by atoms with Crippen molar-refractivity contribution in [2.75, 3.05) is 6.54 Å². The van der Waals surface area contributed by atoms with Gasteiger partial charge in [-0.25, -0.2) is 13.4 Å². The number of furan rings is 1. The van der Waals surface area contributed by atoms with Crippen molar-refractivity contribution in [3.05, 3.63) is 66.2 Å². The first-order valence-corrected chi connectivity index (χ1v) is 19.7. The normalized spacial score (nSPS) is 21.6. The highest BCUT2D eigenvalue weighted by Crippen LogP contribution is 2.41. The molecule has 1 aliphatic heterocycles. The molecule has 54 heavy (non-hydrogen) atoms. The number of nitrogens with zero attached hydrogens (tertiary/aromatic N) is 3. The van der Waals surface area contributed by atoms with Crippen molar-refractivity contribution in [1.29, 1.82) is 0 Å². The van der Waals surface area contributed by atoms with Gasteiger partial charge in [0.25, 0.3) is 5.88 Å². The minimum absolute atomic E-state index is 0.0321. The maximum Gasteiger partial charge on any atom is 0.416 e. The molecule has 2 aromatic heterocycles.